The zero-order valence-corrected chi connectivity index (χ0v) is 16.1. The fourth-order valence-corrected chi connectivity index (χ4v) is 3.20. The van der Waals surface area contributed by atoms with E-state index >= 15 is 0 Å². The molecule has 1 aliphatic rings. The van der Waals surface area contributed by atoms with Crippen molar-refractivity contribution < 1.29 is 19.4 Å². The number of amides is 1. The highest BCUT2D eigenvalue weighted by atomic mass is 16.5. The molecule has 146 valence electrons. The van der Waals surface area contributed by atoms with Gasteiger partial charge >= 0.3 is 0 Å². The summed E-state index contributed by atoms with van der Waals surface area (Å²) in [5.74, 6) is 2.56. The highest BCUT2D eigenvalue weighted by Crippen LogP contribution is 2.36. The summed E-state index contributed by atoms with van der Waals surface area (Å²) >= 11 is 0. The number of carbonyl (C=O) groups excluding carboxylic acids is 1. The predicted octanol–water partition coefficient (Wildman–Crippen LogP) is 1.54. The van der Waals surface area contributed by atoms with Crippen LogP contribution in [-0.2, 0) is 18.4 Å². The third-order valence-electron chi connectivity index (χ3n) is 4.96. The first-order chi connectivity index (χ1) is 12.9. The van der Waals surface area contributed by atoms with Gasteiger partial charge in [0.15, 0.2) is 22.9 Å². The molecule has 1 saturated carbocycles. The fourth-order valence-electron chi connectivity index (χ4n) is 3.20. The Morgan fingerprint density at radius 3 is 2.56 bits per heavy atom. The van der Waals surface area contributed by atoms with Gasteiger partial charge in [-0.3, -0.25) is 4.79 Å². The van der Waals surface area contributed by atoms with Crippen molar-refractivity contribution in [3.63, 3.8) is 0 Å². The van der Waals surface area contributed by atoms with E-state index in [1.54, 1.807) is 33.1 Å². The molecular formula is C19H26N4O4. The van der Waals surface area contributed by atoms with Gasteiger partial charge in [-0.25, -0.2) is 0 Å². The summed E-state index contributed by atoms with van der Waals surface area (Å²) in [5.41, 5.74) is -1.03. The molecule has 2 aromatic rings. The van der Waals surface area contributed by atoms with Gasteiger partial charge in [0.2, 0.25) is 0 Å². The molecule has 8 heteroatoms. The molecule has 1 fully saturated rings. The van der Waals surface area contributed by atoms with E-state index in [0.29, 0.717) is 17.3 Å². The zero-order chi connectivity index (χ0) is 19.6. The summed E-state index contributed by atoms with van der Waals surface area (Å²) < 4.78 is 13.0. The number of carbonyl (C=O) groups is 1. The molecule has 0 bridgehead atoms. The molecule has 8 nitrogen and oxygen atoms in total. The number of nitrogens with zero attached hydrogens (tertiary/aromatic N) is 3. The number of rotatable bonds is 7. The number of para-hydroxylation sites is 2. The number of methoxy groups -OCH3 is 1. The standard InChI is InChI=1S/C19H26N4O4/c1-19(2,27-15-8-6-5-7-14(15)26-4)18(25)20-13-9-12(10-13)17-22-21-16(11-24)23(17)3/h5-8,12-13,24H,9-11H2,1-4H3,(H,20,25). The maximum atomic E-state index is 12.7. The van der Waals surface area contributed by atoms with Gasteiger partial charge in [-0.1, -0.05) is 12.1 Å². The smallest absolute Gasteiger partial charge is 0.263 e. The van der Waals surface area contributed by atoms with Crippen LogP contribution in [0.4, 0.5) is 0 Å². The van der Waals surface area contributed by atoms with Crippen molar-refractivity contribution in [1.29, 1.82) is 0 Å². The number of ether oxygens (including phenoxy) is 2. The second-order valence-electron chi connectivity index (χ2n) is 7.29. The van der Waals surface area contributed by atoms with Crippen molar-refractivity contribution in [1.82, 2.24) is 20.1 Å². The van der Waals surface area contributed by atoms with Crippen LogP contribution in [-0.4, -0.2) is 44.5 Å². The molecule has 1 amide bonds. The molecule has 0 aliphatic heterocycles. The minimum Gasteiger partial charge on any atom is -0.493 e. The predicted molar refractivity (Wildman–Crippen MR) is 98.5 cm³/mol. The summed E-state index contributed by atoms with van der Waals surface area (Å²) in [4.78, 5) is 12.7. The number of hydrogen-bond acceptors (Lipinski definition) is 6. The molecule has 1 aromatic heterocycles. The number of aromatic nitrogens is 3. The van der Waals surface area contributed by atoms with Gasteiger partial charge in [0.25, 0.3) is 5.91 Å². The molecule has 1 aromatic carbocycles. The number of nitrogens with one attached hydrogen (secondary N) is 1. The number of aliphatic hydroxyl groups is 1. The molecule has 27 heavy (non-hydrogen) atoms. The summed E-state index contributed by atoms with van der Waals surface area (Å²) in [6.07, 6.45) is 1.57. The summed E-state index contributed by atoms with van der Waals surface area (Å²) in [7, 11) is 3.41. The lowest BCUT2D eigenvalue weighted by molar-refractivity contribution is -0.135. The maximum Gasteiger partial charge on any atom is 0.263 e. The Morgan fingerprint density at radius 2 is 1.96 bits per heavy atom. The Kier molecular flexibility index (Phi) is 5.36. The summed E-state index contributed by atoms with van der Waals surface area (Å²) in [6.45, 7) is 3.34. The average molecular weight is 374 g/mol. The summed E-state index contributed by atoms with van der Waals surface area (Å²) in [6, 6.07) is 7.32. The molecule has 0 spiro atoms. The topological polar surface area (TPSA) is 98.5 Å². The Balaban J connectivity index is 1.57. The van der Waals surface area contributed by atoms with Gasteiger partial charge in [-0.15, -0.1) is 10.2 Å². The maximum absolute atomic E-state index is 12.7. The van der Waals surface area contributed by atoms with E-state index in [1.807, 2.05) is 23.7 Å². The van der Waals surface area contributed by atoms with Gasteiger partial charge in [0.05, 0.1) is 7.11 Å². The van der Waals surface area contributed by atoms with E-state index in [1.165, 1.54) is 0 Å². The zero-order valence-electron chi connectivity index (χ0n) is 16.1. The molecule has 0 atom stereocenters. The first-order valence-corrected chi connectivity index (χ1v) is 8.97. The SMILES string of the molecule is COc1ccccc1OC(C)(C)C(=O)NC1CC(c2nnc(CO)n2C)C1. The number of aliphatic hydroxyl groups excluding tert-OH is 1. The van der Waals surface area contributed by atoms with E-state index in [2.05, 4.69) is 15.5 Å². The number of hydrogen-bond donors (Lipinski definition) is 2. The van der Waals surface area contributed by atoms with Crippen LogP contribution in [0.25, 0.3) is 0 Å². The Bertz CT molecular complexity index is 812. The second-order valence-corrected chi connectivity index (χ2v) is 7.29. The van der Waals surface area contributed by atoms with Crippen molar-refractivity contribution in [2.45, 2.75) is 50.9 Å². The van der Waals surface area contributed by atoms with E-state index in [0.717, 1.165) is 18.7 Å². The van der Waals surface area contributed by atoms with Crippen LogP contribution < -0.4 is 14.8 Å². The first kappa shape index (κ1) is 19.2. The largest absolute Gasteiger partial charge is 0.493 e. The van der Waals surface area contributed by atoms with Gasteiger partial charge in [-0.05, 0) is 38.8 Å². The van der Waals surface area contributed by atoms with E-state index < -0.39 is 5.60 Å². The van der Waals surface area contributed by atoms with Crippen LogP contribution in [0, 0.1) is 0 Å². The molecule has 2 N–H and O–H groups in total. The van der Waals surface area contributed by atoms with Gasteiger partial charge in [0.1, 0.15) is 12.4 Å². The van der Waals surface area contributed by atoms with Crippen LogP contribution in [0.3, 0.4) is 0 Å². The number of benzene rings is 1. The van der Waals surface area contributed by atoms with Gasteiger partial charge in [-0.2, -0.15) is 0 Å². The Hall–Kier alpha value is -2.61. The third kappa shape index (κ3) is 3.90. The summed E-state index contributed by atoms with van der Waals surface area (Å²) in [5, 5.41) is 20.4. The monoisotopic (exact) mass is 374 g/mol. The third-order valence-corrected chi connectivity index (χ3v) is 4.96. The van der Waals surface area contributed by atoms with Crippen LogP contribution in [0.15, 0.2) is 24.3 Å². The molecule has 1 aliphatic carbocycles. The normalized spacial score (nSPS) is 19.3. The van der Waals surface area contributed by atoms with Crippen molar-refractivity contribution in [2.75, 3.05) is 7.11 Å². The lowest BCUT2D eigenvalue weighted by Crippen LogP contribution is -2.53. The molecule has 3 rings (SSSR count). The lowest BCUT2D eigenvalue weighted by atomic mass is 9.79. The molecule has 0 saturated heterocycles. The van der Waals surface area contributed by atoms with E-state index in [4.69, 9.17) is 9.47 Å². The minimum atomic E-state index is -1.03. The van der Waals surface area contributed by atoms with Gasteiger partial charge < -0.3 is 24.5 Å². The van der Waals surface area contributed by atoms with E-state index in [-0.39, 0.29) is 24.5 Å². The van der Waals surface area contributed by atoms with Crippen molar-refractivity contribution in [3.8, 4) is 11.5 Å². The molecule has 0 unspecified atom stereocenters. The van der Waals surface area contributed by atoms with Crippen molar-refractivity contribution >= 4 is 5.91 Å². The average Bonchev–Trinajstić information content (AvgIpc) is 2.97. The van der Waals surface area contributed by atoms with Crippen molar-refractivity contribution in [2.24, 2.45) is 7.05 Å². The van der Waals surface area contributed by atoms with Crippen molar-refractivity contribution in [3.05, 3.63) is 35.9 Å². The fraction of sp³-hybridized carbons (Fsp3) is 0.526. The molecular weight excluding hydrogens is 348 g/mol. The van der Waals surface area contributed by atoms with E-state index in [9.17, 15) is 9.90 Å². The lowest BCUT2D eigenvalue weighted by Gasteiger charge is -2.37. The highest BCUT2D eigenvalue weighted by Gasteiger charge is 2.38. The molecule has 0 radical (unpaired) electrons. The van der Waals surface area contributed by atoms with Crippen LogP contribution in [0.1, 0.15) is 44.3 Å². The van der Waals surface area contributed by atoms with Crippen LogP contribution in [0.2, 0.25) is 0 Å². The van der Waals surface area contributed by atoms with Crippen LogP contribution in [0.5, 0.6) is 11.5 Å². The Morgan fingerprint density at radius 1 is 1.30 bits per heavy atom. The molecule has 1 heterocycles. The van der Waals surface area contributed by atoms with Gasteiger partial charge in [0, 0.05) is 19.0 Å². The Labute approximate surface area is 158 Å². The minimum absolute atomic E-state index is 0.0670. The highest BCUT2D eigenvalue weighted by molar-refractivity contribution is 5.85. The quantitative estimate of drug-likeness (QED) is 0.763. The second kappa shape index (κ2) is 7.56. The first-order valence-electron chi connectivity index (χ1n) is 8.97. The van der Waals surface area contributed by atoms with Crippen LogP contribution >= 0.6 is 0 Å².